The van der Waals surface area contributed by atoms with Gasteiger partial charge in [-0.25, -0.2) is 0 Å². The van der Waals surface area contributed by atoms with E-state index in [4.69, 9.17) is 23.2 Å². The van der Waals surface area contributed by atoms with E-state index >= 15 is 0 Å². The van der Waals surface area contributed by atoms with Gasteiger partial charge in [-0.05, 0) is 36.9 Å². The van der Waals surface area contributed by atoms with Crippen molar-refractivity contribution in [1.29, 1.82) is 0 Å². The summed E-state index contributed by atoms with van der Waals surface area (Å²) in [5.74, 6) is -0.0335. The lowest BCUT2D eigenvalue weighted by atomic mass is 10.0. The van der Waals surface area contributed by atoms with E-state index in [1.807, 2.05) is 18.2 Å². The third-order valence-electron chi connectivity index (χ3n) is 4.37. The number of likely N-dealkylation sites (N-methyl/N-ethyl adjacent to an activating group) is 1. The summed E-state index contributed by atoms with van der Waals surface area (Å²) in [5, 5.41) is 0.855. The number of ketones is 1. The van der Waals surface area contributed by atoms with Gasteiger partial charge in [-0.1, -0.05) is 41.4 Å². The van der Waals surface area contributed by atoms with Gasteiger partial charge >= 0.3 is 0 Å². The van der Waals surface area contributed by atoms with E-state index in [9.17, 15) is 4.79 Å². The Bertz CT molecular complexity index is 740. The van der Waals surface area contributed by atoms with Gasteiger partial charge in [0.1, 0.15) is 0 Å². The summed E-state index contributed by atoms with van der Waals surface area (Å²) in [6, 6.07) is 12.8. The molecule has 0 aromatic heterocycles. The fourth-order valence-corrected chi connectivity index (χ4v) is 3.18. The maximum Gasteiger partial charge on any atom is 0.193 e. The molecule has 126 valence electrons. The number of halogens is 2. The van der Waals surface area contributed by atoms with Gasteiger partial charge in [0, 0.05) is 43.9 Å². The molecule has 0 bridgehead atoms. The molecule has 0 atom stereocenters. The molecule has 0 spiro atoms. The van der Waals surface area contributed by atoms with Crippen molar-refractivity contribution in [3.8, 4) is 0 Å². The Kier molecular flexibility index (Phi) is 5.57. The normalized spacial score (nSPS) is 16.3. The Morgan fingerprint density at radius 1 is 0.958 bits per heavy atom. The van der Waals surface area contributed by atoms with Gasteiger partial charge in [0.2, 0.25) is 0 Å². The Morgan fingerprint density at radius 2 is 1.67 bits per heavy atom. The first-order valence-electron chi connectivity index (χ1n) is 8.02. The molecule has 2 aromatic carbocycles. The third-order valence-corrected chi connectivity index (χ3v) is 5.11. The predicted molar refractivity (Wildman–Crippen MR) is 99.1 cm³/mol. The van der Waals surface area contributed by atoms with Crippen molar-refractivity contribution in [1.82, 2.24) is 9.80 Å². The van der Waals surface area contributed by atoms with Crippen LogP contribution in [0.2, 0.25) is 10.0 Å². The maximum absolute atomic E-state index is 12.7. The van der Waals surface area contributed by atoms with Gasteiger partial charge in [0.25, 0.3) is 0 Å². The molecular formula is C19H20Cl2N2O. The van der Waals surface area contributed by atoms with Crippen molar-refractivity contribution in [2.45, 2.75) is 6.54 Å². The van der Waals surface area contributed by atoms with Crippen LogP contribution < -0.4 is 0 Å². The maximum atomic E-state index is 12.7. The molecule has 1 heterocycles. The molecule has 24 heavy (non-hydrogen) atoms. The molecule has 1 aliphatic rings. The summed E-state index contributed by atoms with van der Waals surface area (Å²) in [5.41, 5.74) is 2.40. The average molecular weight is 363 g/mol. The van der Waals surface area contributed by atoms with E-state index in [0.29, 0.717) is 21.2 Å². The lowest BCUT2D eigenvalue weighted by Gasteiger charge is -2.32. The van der Waals surface area contributed by atoms with Gasteiger partial charge in [-0.2, -0.15) is 0 Å². The van der Waals surface area contributed by atoms with E-state index in [0.717, 1.165) is 38.3 Å². The lowest BCUT2D eigenvalue weighted by Crippen LogP contribution is -2.43. The molecule has 3 rings (SSSR count). The van der Waals surface area contributed by atoms with Crippen LogP contribution in [0.3, 0.4) is 0 Å². The van der Waals surface area contributed by atoms with Crippen molar-refractivity contribution >= 4 is 29.0 Å². The monoisotopic (exact) mass is 362 g/mol. The first-order valence-corrected chi connectivity index (χ1v) is 8.78. The van der Waals surface area contributed by atoms with Crippen molar-refractivity contribution in [3.05, 3.63) is 69.2 Å². The summed E-state index contributed by atoms with van der Waals surface area (Å²) in [4.78, 5) is 17.4. The Labute approximate surface area is 152 Å². The fraction of sp³-hybridized carbons (Fsp3) is 0.316. The number of benzene rings is 2. The van der Waals surface area contributed by atoms with Crippen LogP contribution in [0, 0.1) is 0 Å². The first kappa shape index (κ1) is 17.4. The minimum absolute atomic E-state index is 0.0335. The van der Waals surface area contributed by atoms with Crippen LogP contribution in [-0.2, 0) is 6.54 Å². The molecule has 1 aliphatic heterocycles. The van der Waals surface area contributed by atoms with E-state index in [1.165, 1.54) is 0 Å². The van der Waals surface area contributed by atoms with Gasteiger partial charge < -0.3 is 4.90 Å². The standard InChI is InChI=1S/C19H20Cl2N2O/c1-22-7-9-23(10-8-22)13-14-3-2-4-15(11-14)19(24)16-5-6-17(20)18(21)12-16/h2-6,11-12H,7-10,13H2,1H3. The molecule has 2 aromatic rings. The molecule has 0 amide bonds. The van der Waals surface area contributed by atoms with Crippen LogP contribution in [0.5, 0.6) is 0 Å². The zero-order valence-corrected chi connectivity index (χ0v) is 15.1. The number of carbonyl (C=O) groups excluding carboxylic acids is 1. The summed E-state index contributed by atoms with van der Waals surface area (Å²) in [6.45, 7) is 5.16. The zero-order chi connectivity index (χ0) is 17.1. The number of carbonyl (C=O) groups is 1. The van der Waals surface area contributed by atoms with Crippen LogP contribution in [0.15, 0.2) is 42.5 Å². The number of nitrogens with zero attached hydrogens (tertiary/aromatic N) is 2. The predicted octanol–water partition coefficient (Wildman–Crippen LogP) is 3.97. The Balaban J connectivity index is 1.74. The number of hydrogen-bond acceptors (Lipinski definition) is 3. The molecule has 0 saturated carbocycles. The van der Waals surface area contributed by atoms with Gasteiger partial charge in [0.15, 0.2) is 5.78 Å². The Morgan fingerprint density at radius 3 is 2.38 bits per heavy atom. The highest BCUT2D eigenvalue weighted by Crippen LogP contribution is 2.24. The smallest absolute Gasteiger partial charge is 0.193 e. The topological polar surface area (TPSA) is 23.6 Å². The average Bonchev–Trinajstić information content (AvgIpc) is 2.59. The minimum Gasteiger partial charge on any atom is -0.304 e. The van der Waals surface area contributed by atoms with E-state index in [2.05, 4.69) is 22.9 Å². The molecule has 1 fully saturated rings. The number of rotatable bonds is 4. The van der Waals surface area contributed by atoms with Crippen molar-refractivity contribution in [2.24, 2.45) is 0 Å². The van der Waals surface area contributed by atoms with Crippen molar-refractivity contribution in [2.75, 3.05) is 33.2 Å². The van der Waals surface area contributed by atoms with Gasteiger partial charge in [-0.3, -0.25) is 9.69 Å². The lowest BCUT2D eigenvalue weighted by molar-refractivity contribution is 0.103. The van der Waals surface area contributed by atoms with E-state index in [1.54, 1.807) is 18.2 Å². The van der Waals surface area contributed by atoms with Crippen molar-refractivity contribution < 1.29 is 4.79 Å². The molecule has 5 heteroatoms. The first-order chi connectivity index (χ1) is 11.5. The fourth-order valence-electron chi connectivity index (χ4n) is 2.88. The summed E-state index contributed by atoms with van der Waals surface area (Å²) < 4.78 is 0. The molecule has 0 aliphatic carbocycles. The molecule has 0 N–H and O–H groups in total. The second-order valence-corrected chi connectivity index (χ2v) is 7.05. The van der Waals surface area contributed by atoms with Crippen LogP contribution >= 0.6 is 23.2 Å². The molecule has 0 radical (unpaired) electrons. The quantitative estimate of drug-likeness (QED) is 0.768. The summed E-state index contributed by atoms with van der Waals surface area (Å²) in [6.07, 6.45) is 0. The van der Waals surface area contributed by atoms with Gasteiger partial charge in [-0.15, -0.1) is 0 Å². The summed E-state index contributed by atoms with van der Waals surface area (Å²) in [7, 11) is 2.15. The van der Waals surface area contributed by atoms with Gasteiger partial charge in [0.05, 0.1) is 10.0 Å². The van der Waals surface area contributed by atoms with Crippen LogP contribution in [0.25, 0.3) is 0 Å². The minimum atomic E-state index is -0.0335. The SMILES string of the molecule is CN1CCN(Cc2cccc(C(=O)c3ccc(Cl)c(Cl)c3)c2)CC1. The largest absolute Gasteiger partial charge is 0.304 e. The molecule has 3 nitrogen and oxygen atoms in total. The number of hydrogen-bond donors (Lipinski definition) is 0. The van der Waals surface area contributed by atoms with Crippen LogP contribution in [-0.4, -0.2) is 48.8 Å². The van der Waals surface area contributed by atoms with Crippen molar-refractivity contribution in [3.63, 3.8) is 0 Å². The van der Waals surface area contributed by atoms with E-state index in [-0.39, 0.29) is 5.78 Å². The molecular weight excluding hydrogens is 343 g/mol. The molecule has 1 saturated heterocycles. The highest BCUT2D eigenvalue weighted by Gasteiger charge is 2.15. The highest BCUT2D eigenvalue weighted by atomic mass is 35.5. The van der Waals surface area contributed by atoms with Crippen LogP contribution in [0.1, 0.15) is 21.5 Å². The Hall–Kier alpha value is -1.39. The highest BCUT2D eigenvalue weighted by molar-refractivity contribution is 6.42. The summed E-state index contributed by atoms with van der Waals surface area (Å²) >= 11 is 11.9. The second kappa shape index (κ2) is 7.66. The zero-order valence-electron chi connectivity index (χ0n) is 13.6. The van der Waals surface area contributed by atoms with Crippen LogP contribution in [0.4, 0.5) is 0 Å². The third kappa shape index (κ3) is 4.17. The second-order valence-electron chi connectivity index (χ2n) is 6.24. The molecule has 0 unspecified atom stereocenters. The number of piperazine rings is 1. The van der Waals surface area contributed by atoms with E-state index < -0.39 is 0 Å².